The van der Waals surface area contributed by atoms with Gasteiger partial charge in [-0.1, -0.05) is 10.3 Å². The zero-order chi connectivity index (χ0) is 16.5. The fraction of sp³-hybridized carbons (Fsp3) is 0.125. The second-order valence-corrected chi connectivity index (χ2v) is 4.73. The van der Waals surface area contributed by atoms with Crippen LogP contribution in [0.15, 0.2) is 65.4 Å². The minimum Gasteiger partial charge on any atom is -1.00 e. The first kappa shape index (κ1) is 22.9. The van der Waals surface area contributed by atoms with Gasteiger partial charge in [-0.2, -0.15) is 8.96 Å². The van der Waals surface area contributed by atoms with Crippen LogP contribution in [0.1, 0.15) is 11.1 Å². The molecule has 2 heterocycles. The summed E-state index contributed by atoms with van der Waals surface area (Å²) >= 11 is 0. The lowest BCUT2D eigenvalue weighted by Crippen LogP contribution is -3.00. The van der Waals surface area contributed by atoms with E-state index in [1.165, 1.54) is 12.4 Å². The van der Waals surface area contributed by atoms with Crippen molar-refractivity contribution in [2.75, 3.05) is 0 Å². The highest BCUT2D eigenvalue weighted by Gasteiger charge is 2.06. The fourth-order valence-corrected chi connectivity index (χ4v) is 1.94. The zero-order valence-electron chi connectivity index (χ0n) is 13.1. The summed E-state index contributed by atoms with van der Waals surface area (Å²) in [4.78, 5) is 0. The minimum absolute atomic E-state index is 0. The van der Waals surface area contributed by atoms with E-state index in [-0.39, 0.29) is 39.5 Å². The molecule has 2 rings (SSSR count). The molecule has 2 N–H and O–H groups in total. The maximum absolute atomic E-state index is 13.6. The smallest absolute Gasteiger partial charge is 0.205 e. The second-order valence-electron chi connectivity index (χ2n) is 4.73. The molecular weight excluding hydrogens is 459 g/mol. The zero-order valence-corrected chi connectivity index (χ0v) is 16.3. The van der Waals surface area contributed by atoms with E-state index in [9.17, 15) is 4.39 Å². The van der Waals surface area contributed by atoms with Crippen LogP contribution >= 0.6 is 0 Å². The quantitative estimate of drug-likeness (QED) is 0.145. The van der Waals surface area contributed by atoms with Gasteiger partial charge in [0.05, 0.1) is 12.4 Å². The number of oxime groups is 2. The SMILES string of the molecule is O/N=C/c1cc[n+](C/C=C/C[n+]2ccc(/C=N/O)c(F)c2)cc1.[Br-].[Br-]. The van der Waals surface area contributed by atoms with Gasteiger partial charge in [0.15, 0.2) is 37.5 Å². The van der Waals surface area contributed by atoms with Gasteiger partial charge in [-0.25, -0.2) is 4.57 Å². The first-order valence-corrected chi connectivity index (χ1v) is 6.90. The third-order valence-corrected chi connectivity index (χ3v) is 3.12. The standard InChI is InChI=1S/C16H15FN4O2.2BrH/c17-16-13-21(10-5-15(16)12-19-23)7-2-1-6-20-8-3-14(4-9-20)11-18-22;;/h1-5,8-13H,6-7H2;2*1H/b2-1+;;. The molecule has 0 bridgehead atoms. The first-order valence-electron chi connectivity index (χ1n) is 6.90. The molecule has 0 atom stereocenters. The topological polar surface area (TPSA) is 72.9 Å². The number of pyridine rings is 2. The van der Waals surface area contributed by atoms with Gasteiger partial charge < -0.3 is 44.4 Å². The van der Waals surface area contributed by atoms with Gasteiger partial charge in [-0.15, -0.1) is 0 Å². The van der Waals surface area contributed by atoms with Crippen LogP contribution in [0, 0.1) is 5.82 Å². The highest BCUT2D eigenvalue weighted by atomic mass is 79.9. The number of hydrogen-bond donors (Lipinski definition) is 2. The molecule has 0 aliphatic heterocycles. The second kappa shape index (κ2) is 12.3. The van der Waals surface area contributed by atoms with Crippen molar-refractivity contribution in [3.05, 3.63) is 72.1 Å². The normalized spacial score (nSPS) is 10.9. The van der Waals surface area contributed by atoms with Crippen LogP contribution < -0.4 is 43.1 Å². The van der Waals surface area contributed by atoms with E-state index in [0.717, 1.165) is 11.8 Å². The highest BCUT2D eigenvalue weighted by molar-refractivity contribution is 5.79. The maximum atomic E-state index is 13.6. The number of hydrogen-bond acceptors (Lipinski definition) is 4. The molecule has 0 radical (unpaired) electrons. The molecule has 134 valence electrons. The van der Waals surface area contributed by atoms with E-state index in [1.807, 2.05) is 41.2 Å². The predicted molar refractivity (Wildman–Crippen MR) is 81.1 cm³/mol. The fourth-order valence-electron chi connectivity index (χ4n) is 1.94. The van der Waals surface area contributed by atoms with Crippen molar-refractivity contribution in [1.29, 1.82) is 0 Å². The summed E-state index contributed by atoms with van der Waals surface area (Å²) in [6, 6.07) is 5.21. The molecule has 0 aliphatic rings. The van der Waals surface area contributed by atoms with Gasteiger partial charge in [0.1, 0.15) is 0 Å². The molecule has 9 heteroatoms. The first-order chi connectivity index (χ1) is 11.2. The number of allylic oxidation sites excluding steroid dienone is 2. The Bertz CT molecular complexity index is 737. The van der Waals surface area contributed by atoms with Crippen molar-refractivity contribution >= 4 is 12.4 Å². The average Bonchev–Trinajstić information content (AvgIpc) is 2.56. The molecule has 0 aromatic carbocycles. The summed E-state index contributed by atoms with van der Waals surface area (Å²) in [6.07, 6.45) is 13.1. The molecule has 0 unspecified atom stereocenters. The third-order valence-electron chi connectivity index (χ3n) is 3.12. The molecule has 0 aliphatic carbocycles. The van der Waals surface area contributed by atoms with Crippen LogP contribution in [0.3, 0.4) is 0 Å². The third kappa shape index (κ3) is 7.53. The van der Waals surface area contributed by atoms with E-state index < -0.39 is 5.82 Å². The lowest BCUT2D eigenvalue weighted by molar-refractivity contribution is -0.691. The Morgan fingerprint density at radius 1 is 0.880 bits per heavy atom. The maximum Gasteiger partial charge on any atom is 0.205 e. The van der Waals surface area contributed by atoms with Gasteiger partial charge in [-0.3, -0.25) is 0 Å². The van der Waals surface area contributed by atoms with Crippen molar-refractivity contribution in [3.8, 4) is 0 Å². The Hall–Kier alpha value is -2.13. The molecule has 0 saturated heterocycles. The van der Waals surface area contributed by atoms with Crippen LogP contribution in [0.4, 0.5) is 4.39 Å². The van der Waals surface area contributed by atoms with Gasteiger partial charge in [0.25, 0.3) is 0 Å². The van der Waals surface area contributed by atoms with Crippen LogP contribution in [-0.4, -0.2) is 22.8 Å². The number of rotatable bonds is 6. The van der Waals surface area contributed by atoms with Crippen molar-refractivity contribution in [1.82, 2.24) is 0 Å². The van der Waals surface area contributed by atoms with Crippen LogP contribution in [0.5, 0.6) is 0 Å². The van der Waals surface area contributed by atoms with Crippen LogP contribution in [0.2, 0.25) is 0 Å². The molecular formula is C16H17Br2FN4O2. The lowest BCUT2D eigenvalue weighted by atomic mass is 10.3. The van der Waals surface area contributed by atoms with E-state index in [1.54, 1.807) is 16.8 Å². The molecule has 2 aromatic heterocycles. The summed E-state index contributed by atoms with van der Waals surface area (Å²) < 4.78 is 17.3. The van der Waals surface area contributed by atoms with Gasteiger partial charge >= 0.3 is 0 Å². The van der Waals surface area contributed by atoms with E-state index in [4.69, 9.17) is 10.4 Å². The van der Waals surface area contributed by atoms with E-state index in [0.29, 0.717) is 13.1 Å². The largest absolute Gasteiger partial charge is 1.00 e. The molecule has 0 amide bonds. The molecule has 2 aromatic rings. The summed E-state index contributed by atoms with van der Waals surface area (Å²) in [5.74, 6) is -0.450. The molecule has 0 spiro atoms. The molecule has 6 nitrogen and oxygen atoms in total. The Labute approximate surface area is 165 Å². The average molecular weight is 476 g/mol. The Morgan fingerprint density at radius 2 is 1.44 bits per heavy atom. The van der Waals surface area contributed by atoms with Crippen LogP contribution in [-0.2, 0) is 13.1 Å². The Kier molecular flexibility index (Phi) is 11.2. The number of nitrogens with zero attached hydrogens (tertiary/aromatic N) is 4. The summed E-state index contributed by atoms with van der Waals surface area (Å²) in [6.45, 7) is 1.21. The predicted octanol–water partition coefficient (Wildman–Crippen LogP) is -4.72. The number of halogens is 3. The monoisotopic (exact) mass is 474 g/mol. The Balaban J connectivity index is 0.00000288. The lowest BCUT2D eigenvalue weighted by Gasteiger charge is -1.95. The van der Waals surface area contributed by atoms with Gasteiger partial charge in [0, 0.05) is 29.3 Å². The van der Waals surface area contributed by atoms with Crippen LogP contribution in [0.25, 0.3) is 0 Å². The Morgan fingerprint density at radius 3 is 2.00 bits per heavy atom. The van der Waals surface area contributed by atoms with Crippen molar-refractivity contribution < 1.29 is 57.9 Å². The summed E-state index contributed by atoms with van der Waals surface area (Å²) in [7, 11) is 0. The molecule has 0 fully saturated rings. The minimum atomic E-state index is -0.450. The summed E-state index contributed by atoms with van der Waals surface area (Å²) in [5, 5.41) is 22.6. The molecule has 25 heavy (non-hydrogen) atoms. The number of aromatic nitrogens is 2. The van der Waals surface area contributed by atoms with Gasteiger partial charge in [0.2, 0.25) is 6.20 Å². The van der Waals surface area contributed by atoms with Crippen molar-refractivity contribution in [2.45, 2.75) is 13.1 Å². The van der Waals surface area contributed by atoms with E-state index in [2.05, 4.69) is 10.3 Å². The molecule has 0 saturated carbocycles. The van der Waals surface area contributed by atoms with Gasteiger partial charge in [-0.05, 0) is 12.2 Å². The van der Waals surface area contributed by atoms with E-state index >= 15 is 0 Å². The van der Waals surface area contributed by atoms with Crippen molar-refractivity contribution in [2.24, 2.45) is 10.3 Å². The van der Waals surface area contributed by atoms with Crippen molar-refractivity contribution in [3.63, 3.8) is 0 Å². The highest BCUT2D eigenvalue weighted by Crippen LogP contribution is 1.99. The summed E-state index contributed by atoms with van der Waals surface area (Å²) in [5.41, 5.74) is 1.04.